The summed E-state index contributed by atoms with van der Waals surface area (Å²) in [4.78, 5) is 0. The summed E-state index contributed by atoms with van der Waals surface area (Å²) >= 11 is 0. The molecule has 0 unspecified atom stereocenters. The second kappa shape index (κ2) is 9.30. The summed E-state index contributed by atoms with van der Waals surface area (Å²) in [6.45, 7) is 0. The topological polar surface area (TPSA) is 0 Å². The Bertz CT molecular complexity index is 509. The highest BCUT2D eigenvalue weighted by Crippen LogP contribution is 2.28. The van der Waals surface area contributed by atoms with Gasteiger partial charge in [-0.3, -0.25) is 0 Å². The summed E-state index contributed by atoms with van der Waals surface area (Å²) in [5.41, 5.74) is 6.16. The zero-order valence-corrected chi connectivity index (χ0v) is 14.8. The van der Waals surface area contributed by atoms with Gasteiger partial charge in [0, 0.05) is 6.42 Å². The van der Waals surface area contributed by atoms with E-state index >= 15 is 0 Å². The highest BCUT2D eigenvalue weighted by molar-refractivity contribution is 5.66. The minimum absolute atomic E-state index is 1.29. The highest BCUT2D eigenvalue weighted by Gasteiger charge is 2.11. The number of rotatable bonds is 0. The average molecular weight is 310 g/mol. The molecule has 1 aromatic rings. The third-order valence-corrected chi connectivity index (χ3v) is 5.60. The molecule has 0 nitrogen and oxygen atoms in total. The third kappa shape index (κ3) is 5.23. The van der Waals surface area contributed by atoms with E-state index in [0.29, 0.717) is 0 Å². The Morgan fingerprint density at radius 1 is 0.478 bits per heavy atom. The van der Waals surface area contributed by atoms with Crippen LogP contribution in [0.4, 0.5) is 0 Å². The fourth-order valence-corrected chi connectivity index (χ4v) is 4.14. The van der Waals surface area contributed by atoms with Crippen LogP contribution < -0.4 is 0 Å². The normalized spacial score (nSPS) is 20.9. The lowest BCUT2D eigenvalue weighted by Gasteiger charge is -2.13. The van der Waals surface area contributed by atoms with E-state index in [2.05, 4.69) is 30.7 Å². The molecule has 0 fully saturated rings. The lowest BCUT2D eigenvalue weighted by molar-refractivity contribution is 0.537. The lowest BCUT2D eigenvalue weighted by atomic mass is 9.92. The van der Waals surface area contributed by atoms with Crippen molar-refractivity contribution in [2.24, 2.45) is 0 Å². The smallest absolute Gasteiger partial charge is 0.0131 e. The molecular weight excluding hydrogens is 276 g/mol. The van der Waals surface area contributed by atoms with Crippen molar-refractivity contribution in [3.05, 3.63) is 46.9 Å². The molecule has 1 aromatic carbocycles. The first kappa shape index (κ1) is 16.8. The van der Waals surface area contributed by atoms with Crippen LogP contribution in [0.25, 0.3) is 6.08 Å². The van der Waals surface area contributed by atoms with Crippen LogP contribution in [0, 0.1) is 6.42 Å². The first-order chi connectivity index (χ1) is 11.4. The number of hydrogen-bond donors (Lipinski definition) is 0. The van der Waals surface area contributed by atoms with Gasteiger partial charge in [-0.15, -0.1) is 0 Å². The second-order valence-electron chi connectivity index (χ2n) is 7.52. The molecule has 23 heavy (non-hydrogen) atoms. The van der Waals surface area contributed by atoms with E-state index in [1.807, 2.05) is 0 Å². The molecular formula is C23H33. The van der Waals surface area contributed by atoms with Crippen molar-refractivity contribution in [3.63, 3.8) is 0 Å². The van der Waals surface area contributed by atoms with Gasteiger partial charge in [0.05, 0.1) is 0 Å². The predicted octanol–water partition coefficient (Wildman–Crippen LogP) is 7.05. The van der Waals surface area contributed by atoms with E-state index in [0.717, 1.165) is 0 Å². The molecule has 0 N–H and O–H groups in total. The Morgan fingerprint density at radius 2 is 0.913 bits per heavy atom. The second-order valence-corrected chi connectivity index (χ2v) is 7.52. The highest BCUT2D eigenvalue weighted by atomic mass is 14.2. The van der Waals surface area contributed by atoms with E-state index in [9.17, 15) is 0 Å². The number of allylic oxidation sites excluding steroid dienone is 1. The third-order valence-electron chi connectivity index (χ3n) is 5.60. The molecule has 0 aromatic heterocycles. The van der Waals surface area contributed by atoms with Crippen molar-refractivity contribution in [2.75, 3.05) is 0 Å². The van der Waals surface area contributed by atoms with E-state index in [-0.39, 0.29) is 0 Å². The van der Waals surface area contributed by atoms with Gasteiger partial charge in [-0.1, -0.05) is 88.5 Å². The predicted molar refractivity (Wildman–Crippen MR) is 102 cm³/mol. The average Bonchev–Trinajstić information content (AvgIpc) is 3.01. The van der Waals surface area contributed by atoms with Crippen LogP contribution >= 0.6 is 0 Å². The van der Waals surface area contributed by atoms with Gasteiger partial charge in [0.2, 0.25) is 0 Å². The van der Waals surface area contributed by atoms with Gasteiger partial charge < -0.3 is 0 Å². The van der Waals surface area contributed by atoms with Crippen molar-refractivity contribution < 1.29 is 0 Å². The molecule has 0 heteroatoms. The van der Waals surface area contributed by atoms with Crippen molar-refractivity contribution in [3.8, 4) is 0 Å². The van der Waals surface area contributed by atoms with Crippen LogP contribution in [0.3, 0.4) is 0 Å². The number of benzene rings is 1. The molecule has 0 spiro atoms. The number of aryl methyl sites for hydroxylation is 2. The largest absolute Gasteiger partial charge is 0.0755 e. The molecule has 0 atom stereocenters. The molecule has 1 radical (unpaired) electrons. The number of hydrogen-bond acceptors (Lipinski definition) is 0. The molecule has 2 aliphatic carbocycles. The molecule has 0 aliphatic heterocycles. The van der Waals surface area contributed by atoms with E-state index in [1.165, 1.54) is 101 Å². The van der Waals surface area contributed by atoms with Crippen LogP contribution in [0.5, 0.6) is 0 Å². The minimum atomic E-state index is 1.29. The van der Waals surface area contributed by atoms with Crippen LogP contribution in [-0.2, 0) is 12.8 Å². The van der Waals surface area contributed by atoms with Crippen LogP contribution in [0.1, 0.15) is 99.3 Å². The van der Waals surface area contributed by atoms with Crippen LogP contribution in [0.2, 0.25) is 0 Å². The van der Waals surface area contributed by atoms with Crippen LogP contribution in [-0.4, -0.2) is 0 Å². The lowest BCUT2D eigenvalue weighted by Crippen LogP contribution is -1.99. The Morgan fingerprint density at radius 3 is 1.43 bits per heavy atom. The maximum Gasteiger partial charge on any atom is 0.0131 e. The zero-order valence-electron chi connectivity index (χ0n) is 14.8. The van der Waals surface area contributed by atoms with E-state index < -0.39 is 0 Å². The fourth-order valence-electron chi connectivity index (χ4n) is 4.14. The van der Waals surface area contributed by atoms with Gasteiger partial charge in [0.25, 0.3) is 0 Å². The maximum atomic E-state index is 2.48. The van der Waals surface area contributed by atoms with Gasteiger partial charge in [0.15, 0.2) is 0 Å². The number of fused-ring (bicyclic) bond motifs is 2. The summed E-state index contributed by atoms with van der Waals surface area (Å²) in [7, 11) is 0. The van der Waals surface area contributed by atoms with Crippen molar-refractivity contribution in [2.45, 2.75) is 89.9 Å². The Hall–Kier alpha value is -1.04. The molecule has 3 rings (SSSR count). The molecule has 0 heterocycles. The quantitative estimate of drug-likeness (QED) is 0.482. The van der Waals surface area contributed by atoms with Gasteiger partial charge in [0.1, 0.15) is 0 Å². The monoisotopic (exact) mass is 309 g/mol. The zero-order chi connectivity index (χ0) is 15.7. The van der Waals surface area contributed by atoms with Gasteiger partial charge in [-0.2, -0.15) is 0 Å². The molecule has 0 saturated heterocycles. The van der Waals surface area contributed by atoms with E-state index in [4.69, 9.17) is 0 Å². The molecule has 0 saturated carbocycles. The summed E-state index contributed by atoms with van der Waals surface area (Å²) in [5.74, 6) is 0. The molecule has 0 bridgehead atoms. The maximum absolute atomic E-state index is 2.48. The van der Waals surface area contributed by atoms with Crippen molar-refractivity contribution in [1.82, 2.24) is 0 Å². The molecule has 0 amide bonds. The fraction of sp³-hybridized carbons (Fsp3) is 0.609. The van der Waals surface area contributed by atoms with Gasteiger partial charge in [-0.05, 0) is 47.9 Å². The molecule has 2 aliphatic rings. The summed E-state index contributed by atoms with van der Waals surface area (Å²) in [5, 5.41) is 0. The summed E-state index contributed by atoms with van der Waals surface area (Å²) < 4.78 is 0. The first-order valence-corrected chi connectivity index (χ1v) is 10.1. The molecule has 125 valence electrons. The van der Waals surface area contributed by atoms with Crippen molar-refractivity contribution >= 4 is 6.08 Å². The Labute approximate surface area is 143 Å². The Kier molecular flexibility index (Phi) is 6.80. The minimum Gasteiger partial charge on any atom is -0.0755 e. The summed E-state index contributed by atoms with van der Waals surface area (Å²) in [6.07, 6.45) is 26.6. The van der Waals surface area contributed by atoms with Gasteiger partial charge in [-0.25, -0.2) is 0 Å². The Balaban J connectivity index is 1.63. The van der Waals surface area contributed by atoms with Gasteiger partial charge >= 0.3 is 0 Å². The SMILES string of the molecule is [CH]1C=Cc2cc3c(cc21)CCCCCCCCCCCCCC3. The summed E-state index contributed by atoms with van der Waals surface area (Å²) in [6, 6.07) is 4.96. The van der Waals surface area contributed by atoms with E-state index in [1.54, 1.807) is 11.1 Å². The van der Waals surface area contributed by atoms with Crippen molar-refractivity contribution in [1.29, 1.82) is 0 Å². The first-order valence-electron chi connectivity index (χ1n) is 10.1. The van der Waals surface area contributed by atoms with Crippen LogP contribution in [0.15, 0.2) is 18.2 Å². The standard InChI is InChI=1S/C23H33/c1-2-4-6-8-10-12-15-21-19-23-17-13-16-22(23)18-20(21)14-11-9-7-5-3-1/h13,16-19H,1-12,14-15H2.